The minimum absolute atomic E-state index is 0.0945. The number of carbonyl (C=O) groups is 1. The minimum Gasteiger partial charge on any atom is -0.469 e. The van der Waals surface area contributed by atoms with Gasteiger partial charge in [0, 0.05) is 12.0 Å². The van der Waals surface area contributed by atoms with Gasteiger partial charge in [-0.25, -0.2) is 4.39 Å². The van der Waals surface area contributed by atoms with E-state index in [9.17, 15) is 9.18 Å². The van der Waals surface area contributed by atoms with Gasteiger partial charge in [-0.2, -0.15) is 0 Å². The number of rotatable bonds is 6. The smallest absolute Gasteiger partial charge is 0.310 e. The first-order valence-electron chi connectivity index (χ1n) is 8.48. The van der Waals surface area contributed by atoms with Crippen molar-refractivity contribution in [1.29, 1.82) is 0 Å². The molecule has 2 atom stereocenters. The molecule has 3 nitrogen and oxygen atoms in total. The predicted octanol–water partition coefficient (Wildman–Crippen LogP) is 5.06. The van der Waals surface area contributed by atoms with Gasteiger partial charge in [0.05, 0.1) is 18.0 Å². The van der Waals surface area contributed by atoms with Gasteiger partial charge in [-0.1, -0.05) is 44.2 Å². The summed E-state index contributed by atoms with van der Waals surface area (Å²) < 4.78 is 24.1. The van der Waals surface area contributed by atoms with E-state index in [0.717, 1.165) is 16.9 Å². The molecular formula is C21H23FO3. The quantitative estimate of drug-likeness (QED) is 0.689. The van der Waals surface area contributed by atoms with Gasteiger partial charge in [0.25, 0.3) is 0 Å². The van der Waals surface area contributed by atoms with Crippen LogP contribution in [0.2, 0.25) is 0 Å². The van der Waals surface area contributed by atoms with E-state index in [1.165, 1.54) is 13.0 Å². The molecular weight excluding hydrogens is 319 g/mol. The molecule has 0 radical (unpaired) electrons. The molecule has 1 saturated carbocycles. The van der Waals surface area contributed by atoms with Gasteiger partial charge in [0.15, 0.2) is 0 Å². The highest BCUT2D eigenvalue weighted by molar-refractivity contribution is 5.78. The van der Waals surface area contributed by atoms with Crippen LogP contribution in [0, 0.1) is 17.3 Å². The largest absolute Gasteiger partial charge is 0.469 e. The topological polar surface area (TPSA) is 39.4 Å². The summed E-state index contributed by atoms with van der Waals surface area (Å²) >= 11 is 0. The second kappa shape index (κ2) is 6.87. The predicted molar refractivity (Wildman–Crippen MR) is 93.4 cm³/mol. The maximum atomic E-state index is 13.1. The van der Waals surface area contributed by atoms with Crippen LogP contribution in [0.1, 0.15) is 37.7 Å². The fourth-order valence-electron chi connectivity index (χ4n) is 3.32. The standard InChI is InChI=1S/C21H23FO3/c1-14(22)9-18-19(21(18,2)3)20(23)25-13-16-11-17(24-12-16)10-15-7-5-4-6-8-15/h4-9,11-12,18-19H,10,13H2,1-3H3/b14-9-/t18?,19-/m0/s1. The van der Waals surface area contributed by atoms with E-state index >= 15 is 0 Å². The van der Waals surface area contributed by atoms with Gasteiger partial charge >= 0.3 is 5.97 Å². The summed E-state index contributed by atoms with van der Waals surface area (Å²) in [5.74, 6) is -0.0816. The molecule has 2 aromatic rings. The summed E-state index contributed by atoms with van der Waals surface area (Å²) in [7, 11) is 0. The summed E-state index contributed by atoms with van der Waals surface area (Å²) in [5, 5.41) is 0. The second-order valence-electron chi connectivity index (χ2n) is 7.27. The first-order chi connectivity index (χ1) is 11.9. The lowest BCUT2D eigenvalue weighted by molar-refractivity contribution is -0.147. The van der Waals surface area contributed by atoms with E-state index in [1.54, 1.807) is 6.26 Å². The van der Waals surface area contributed by atoms with Gasteiger partial charge < -0.3 is 9.15 Å². The summed E-state index contributed by atoms with van der Waals surface area (Å²) in [6, 6.07) is 11.9. The van der Waals surface area contributed by atoms with E-state index in [4.69, 9.17) is 9.15 Å². The van der Waals surface area contributed by atoms with E-state index in [-0.39, 0.29) is 35.7 Å². The number of hydrogen-bond donors (Lipinski definition) is 0. The molecule has 3 rings (SSSR count). The SMILES string of the molecule is C/C(F)=C/C1[C@@H](C(=O)OCc2coc(Cc3ccccc3)c2)C1(C)C. The Labute approximate surface area is 147 Å². The molecule has 1 aliphatic rings. The van der Waals surface area contributed by atoms with Crippen molar-refractivity contribution in [2.45, 2.75) is 33.8 Å². The van der Waals surface area contributed by atoms with Crippen LogP contribution in [0.3, 0.4) is 0 Å². The third kappa shape index (κ3) is 4.01. The molecule has 0 aliphatic heterocycles. The Morgan fingerprint density at radius 3 is 2.68 bits per heavy atom. The van der Waals surface area contributed by atoms with Gasteiger partial charge in [-0.15, -0.1) is 0 Å². The Kier molecular flexibility index (Phi) is 4.80. The lowest BCUT2D eigenvalue weighted by Crippen LogP contribution is -2.10. The fraction of sp³-hybridized carbons (Fsp3) is 0.381. The zero-order valence-electron chi connectivity index (χ0n) is 14.8. The first kappa shape index (κ1) is 17.5. The van der Waals surface area contributed by atoms with E-state index in [1.807, 2.05) is 50.2 Å². The average Bonchev–Trinajstić information content (AvgIpc) is 2.90. The number of hydrogen-bond acceptors (Lipinski definition) is 3. The molecule has 1 heterocycles. The van der Waals surface area contributed by atoms with Crippen molar-refractivity contribution in [2.75, 3.05) is 0 Å². The Morgan fingerprint density at radius 2 is 2.00 bits per heavy atom. The molecule has 1 aromatic carbocycles. The maximum absolute atomic E-state index is 13.1. The lowest BCUT2D eigenvalue weighted by atomic mass is 10.1. The molecule has 1 unspecified atom stereocenters. The number of furan rings is 1. The number of esters is 1. The summed E-state index contributed by atoms with van der Waals surface area (Å²) in [5.41, 5.74) is 1.74. The number of allylic oxidation sites excluding steroid dienone is 2. The Morgan fingerprint density at radius 1 is 1.28 bits per heavy atom. The van der Waals surface area contributed by atoms with E-state index < -0.39 is 0 Å². The second-order valence-corrected chi connectivity index (χ2v) is 7.27. The van der Waals surface area contributed by atoms with Crippen LogP contribution in [0.25, 0.3) is 0 Å². The molecule has 4 heteroatoms. The van der Waals surface area contributed by atoms with Crippen LogP contribution in [-0.4, -0.2) is 5.97 Å². The lowest BCUT2D eigenvalue weighted by Gasteiger charge is -2.03. The van der Waals surface area contributed by atoms with Crippen LogP contribution < -0.4 is 0 Å². The average molecular weight is 342 g/mol. The normalized spacial score (nSPS) is 21.8. The monoisotopic (exact) mass is 342 g/mol. The summed E-state index contributed by atoms with van der Waals surface area (Å²) in [6.45, 7) is 5.49. The zero-order chi connectivity index (χ0) is 18.0. The molecule has 0 saturated heterocycles. The molecule has 0 amide bonds. The van der Waals surface area contributed by atoms with Crippen LogP contribution in [0.4, 0.5) is 4.39 Å². The minimum atomic E-state index is -0.283. The Balaban J connectivity index is 1.54. The highest BCUT2D eigenvalue weighted by Gasteiger charge is 2.61. The summed E-state index contributed by atoms with van der Waals surface area (Å²) in [4.78, 5) is 12.3. The molecule has 132 valence electrons. The molecule has 1 aliphatic carbocycles. The molecule has 25 heavy (non-hydrogen) atoms. The van der Waals surface area contributed by atoms with Gasteiger partial charge in [-0.3, -0.25) is 4.79 Å². The van der Waals surface area contributed by atoms with Crippen molar-refractivity contribution in [3.05, 3.63) is 71.5 Å². The van der Waals surface area contributed by atoms with Crippen LogP contribution in [-0.2, 0) is 22.6 Å². The Bertz CT molecular complexity index is 769. The maximum Gasteiger partial charge on any atom is 0.310 e. The Hall–Kier alpha value is -2.36. The third-order valence-electron chi connectivity index (χ3n) is 4.88. The van der Waals surface area contributed by atoms with Gasteiger partial charge in [-0.05, 0) is 36.0 Å². The number of benzene rings is 1. The van der Waals surface area contributed by atoms with E-state index in [2.05, 4.69) is 0 Å². The van der Waals surface area contributed by atoms with Gasteiger partial charge in [0.2, 0.25) is 0 Å². The summed E-state index contributed by atoms with van der Waals surface area (Å²) in [6.07, 6.45) is 3.83. The highest BCUT2D eigenvalue weighted by atomic mass is 19.1. The molecule has 0 N–H and O–H groups in total. The third-order valence-corrected chi connectivity index (χ3v) is 4.88. The van der Waals surface area contributed by atoms with Crippen molar-refractivity contribution < 1.29 is 18.3 Å². The number of carbonyl (C=O) groups excluding carboxylic acids is 1. The van der Waals surface area contributed by atoms with Crippen LogP contribution in [0.5, 0.6) is 0 Å². The molecule has 1 aromatic heterocycles. The first-order valence-corrected chi connectivity index (χ1v) is 8.48. The van der Waals surface area contributed by atoms with Crippen LogP contribution in [0.15, 0.2) is 59.0 Å². The number of halogens is 1. The van der Waals surface area contributed by atoms with Crippen molar-refractivity contribution in [3.8, 4) is 0 Å². The van der Waals surface area contributed by atoms with Crippen molar-refractivity contribution in [1.82, 2.24) is 0 Å². The van der Waals surface area contributed by atoms with Crippen molar-refractivity contribution in [2.24, 2.45) is 17.3 Å². The molecule has 0 spiro atoms. The van der Waals surface area contributed by atoms with Crippen LogP contribution >= 0.6 is 0 Å². The number of ether oxygens (including phenoxy) is 1. The van der Waals surface area contributed by atoms with Crippen molar-refractivity contribution in [3.63, 3.8) is 0 Å². The zero-order valence-corrected chi connectivity index (χ0v) is 14.8. The highest BCUT2D eigenvalue weighted by Crippen LogP contribution is 2.59. The molecule has 0 bridgehead atoms. The molecule has 1 fully saturated rings. The fourth-order valence-corrected chi connectivity index (χ4v) is 3.32. The van der Waals surface area contributed by atoms with E-state index in [0.29, 0.717) is 6.42 Å². The van der Waals surface area contributed by atoms with Gasteiger partial charge in [0.1, 0.15) is 12.4 Å². The van der Waals surface area contributed by atoms with Crippen molar-refractivity contribution >= 4 is 5.97 Å².